The molecule has 0 aliphatic carbocycles. The van der Waals surface area contributed by atoms with Gasteiger partial charge in [-0.2, -0.15) is 0 Å². The van der Waals surface area contributed by atoms with Crippen molar-refractivity contribution in [2.45, 2.75) is 45.4 Å². The minimum absolute atomic E-state index is 0.188. The van der Waals surface area contributed by atoms with Crippen molar-refractivity contribution in [3.8, 4) is 5.75 Å². The quantitative estimate of drug-likeness (QED) is 0.807. The SMILES string of the molecule is COC1(C)C(Oc2cc(Br)cnc2N)CN(C(=O)O)C1C(C)(C)C. The van der Waals surface area contributed by atoms with Crippen LogP contribution in [0.5, 0.6) is 5.75 Å². The van der Waals surface area contributed by atoms with Gasteiger partial charge in [-0.25, -0.2) is 9.78 Å². The second-order valence-electron chi connectivity index (χ2n) is 7.23. The second kappa shape index (κ2) is 6.40. The number of hydrogen-bond donors (Lipinski definition) is 2. The molecule has 0 bridgehead atoms. The molecule has 7 nitrogen and oxygen atoms in total. The van der Waals surface area contributed by atoms with E-state index in [1.165, 1.54) is 4.90 Å². The first kappa shape index (κ1) is 18.8. The minimum atomic E-state index is -0.996. The Morgan fingerprint density at radius 2 is 2.17 bits per heavy atom. The molecule has 2 rings (SSSR count). The maximum Gasteiger partial charge on any atom is 0.407 e. The first-order valence-electron chi connectivity index (χ1n) is 7.63. The Labute approximate surface area is 150 Å². The number of nitrogens with two attached hydrogens (primary N) is 1. The Bertz CT molecular complexity index is 634. The molecule has 0 saturated carbocycles. The number of hydrogen-bond acceptors (Lipinski definition) is 5. The predicted octanol–water partition coefficient (Wildman–Crippen LogP) is 2.99. The van der Waals surface area contributed by atoms with Gasteiger partial charge in [0.15, 0.2) is 11.6 Å². The molecule has 3 N–H and O–H groups in total. The molecule has 1 aliphatic heterocycles. The lowest BCUT2D eigenvalue weighted by Gasteiger charge is -2.42. The Morgan fingerprint density at radius 3 is 2.67 bits per heavy atom. The number of anilines is 1. The summed E-state index contributed by atoms with van der Waals surface area (Å²) in [5.74, 6) is 0.648. The molecule has 1 amide bonds. The number of amides is 1. The summed E-state index contributed by atoms with van der Waals surface area (Å²) in [6, 6.07) is 1.34. The Kier molecular flexibility index (Phi) is 5.01. The van der Waals surface area contributed by atoms with Crippen molar-refractivity contribution < 1.29 is 19.4 Å². The van der Waals surface area contributed by atoms with Gasteiger partial charge in [-0.3, -0.25) is 4.90 Å². The molecule has 3 unspecified atom stereocenters. The number of ether oxygens (including phenoxy) is 2. The third kappa shape index (κ3) is 3.30. The van der Waals surface area contributed by atoms with Crippen LogP contribution < -0.4 is 10.5 Å². The van der Waals surface area contributed by atoms with E-state index in [0.717, 1.165) is 4.47 Å². The van der Waals surface area contributed by atoms with E-state index in [2.05, 4.69) is 20.9 Å². The van der Waals surface area contributed by atoms with Crippen LogP contribution in [0.15, 0.2) is 16.7 Å². The number of nitrogen functional groups attached to an aromatic ring is 1. The highest BCUT2D eigenvalue weighted by atomic mass is 79.9. The Morgan fingerprint density at radius 1 is 1.54 bits per heavy atom. The summed E-state index contributed by atoms with van der Waals surface area (Å²) in [5, 5.41) is 9.63. The Balaban J connectivity index is 2.42. The van der Waals surface area contributed by atoms with E-state index in [4.69, 9.17) is 15.2 Å². The molecule has 0 aromatic carbocycles. The first-order valence-corrected chi connectivity index (χ1v) is 8.42. The van der Waals surface area contributed by atoms with Gasteiger partial charge in [0.25, 0.3) is 0 Å². The smallest absolute Gasteiger partial charge is 0.407 e. The molecular formula is C16H24BrN3O4. The second-order valence-corrected chi connectivity index (χ2v) is 8.15. The minimum Gasteiger partial charge on any atom is -0.482 e. The average molecular weight is 402 g/mol. The maximum absolute atomic E-state index is 11.8. The Hall–Kier alpha value is -1.54. The standard InChI is InChI=1S/C16H24BrN3O4/c1-15(2,3)13-16(4,23-5)11(8-20(13)14(21)22)24-10-6-9(17)7-19-12(10)18/h6-7,11,13H,8H2,1-5H3,(H2,18,19)(H,21,22). The lowest BCUT2D eigenvalue weighted by atomic mass is 9.76. The van der Waals surface area contributed by atoms with Crippen molar-refractivity contribution in [3.63, 3.8) is 0 Å². The van der Waals surface area contributed by atoms with Gasteiger partial charge in [-0.05, 0) is 34.3 Å². The zero-order valence-electron chi connectivity index (χ0n) is 14.5. The number of methoxy groups -OCH3 is 1. The summed E-state index contributed by atoms with van der Waals surface area (Å²) in [7, 11) is 1.57. The zero-order valence-corrected chi connectivity index (χ0v) is 16.1. The van der Waals surface area contributed by atoms with Gasteiger partial charge in [-0.1, -0.05) is 20.8 Å². The maximum atomic E-state index is 11.8. The van der Waals surface area contributed by atoms with Crippen molar-refractivity contribution >= 4 is 27.8 Å². The van der Waals surface area contributed by atoms with Crippen LogP contribution in [0.2, 0.25) is 0 Å². The van der Waals surface area contributed by atoms with Gasteiger partial charge in [0.2, 0.25) is 0 Å². The predicted molar refractivity (Wildman–Crippen MR) is 94.2 cm³/mol. The van der Waals surface area contributed by atoms with Crippen LogP contribution >= 0.6 is 15.9 Å². The van der Waals surface area contributed by atoms with E-state index in [1.54, 1.807) is 19.4 Å². The molecule has 1 fully saturated rings. The number of likely N-dealkylation sites (tertiary alicyclic amines) is 1. The number of halogens is 1. The van der Waals surface area contributed by atoms with Crippen LogP contribution in [0.3, 0.4) is 0 Å². The van der Waals surface area contributed by atoms with E-state index < -0.39 is 17.8 Å². The third-order valence-electron chi connectivity index (χ3n) is 4.48. The van der Waals surface area contributed by atoms with Crippen molar-refractivity contribution in [3.05, 3.63) is 16.7 Å². The lowest BCUT2D eigenvalue weighted by molar-refractivity contribution is -0.0949. The fraction of sp³-hybridized carbons (Fsp3) is 0.625. The van der Waals surface area contributed by atoms with Crippen LogP contribution in [0.25, 0.3) is 0 Å². The molecule has 1 aromatic heterocycles. The van der Waals surface area contributed by atoms with E-state index in [0.29, 0.717) is 5.75 Å². The van der Waals surface area contributed by atoms with Gasteiger partial charge in [-0.15, -0.1) is 0 Å². The molecule has 3 atom stereocenters. The molecule has 24 heavy (non-hydrogen) atoms. The lowest BCUT2D eigenvalue weighted by Crippen LogP contribution is -2.56. The molecule has 134 valence electrons. The number of carbonyl (C=O) groups is 1. The number of pyridine rings is 1. The normalized spacial score (nSPS) is 27.3. The topological polar surface area (TPSA) is 97.9 Å². The number of nitrogens with zero attached hydrogens (tertiary/aromatic N) is 2. The van der Waals surface area contributed by atoms with Crippen molar-refractivity contribution in [1.29, 1.82) is 0 Å². The van der Waals surface area contributed by atoms with E-state index >= 15 is 0 Å². The van der Waals surface area contributed by atoms with Gasteiger partial charge in [0.05, 0.1) is 12.6 Å². The van der Waals surface area contributed by atoms with Crippen LogP contribution in [0.1, 0.15) is 27.7 Å². The average Bonchev–Trinajstić information content (AvgIpc) is 2.77. The monoisotopic (exact) mass is 401 g/mol. The summed E-state index contributed by atoms with van der Waals surface area (Å²) < 4.78 is 12.5. The molecule has 8 heteroatoms. The molecule has 2 heterocycles. The molecule has 1 aliphatic rings. The van der Waals surface area contributed by atoms with Crippen LogP contribution in [0, 0.1) is 5.41 Å². The van der Waals surface area contributed by atoms with Crippen molar-refractivity contribution in [2.75, 3.05) is 19.4 Å². The molecular weight excluding hydrogens is 378 g/mol. The molecule has 0 radical (unpaired) electrons. The third-order valence-corrected chi connectivity index (χ3v) is 4.91. The van der Waals surface area contributed by atoms with E-state index in [-0.39, 0.29) is 23.8 Å². The van der Waals surface area contributed by atoms with E-state index in [9.17, 15) is 9.90 Å². The summed E-state index contributed by atoms with van der Waals surface area (Å²) in [6.07, 6.45) is 0.0688. The van der Waals surface area contributed by atoms with Crippen molar-refractivity contribution in [2.24, 2.45) is 5.41 Å². The highest BCUT2D eigenvalue weighted by Gasteiger charge is 2.59. The van der Waals surface area contributed by atoms with Gasteiger partial charge >= 0.3 is 6.09 Å². The highest BCUT2D eigenvalue weighted by Crippen LogP contribution is 2.43. The number of rotatable bonds is 3. The zero-order chi connectivity index (χ0) is 18.3. The van der Waals surface area contributed by atoms with Gasteiger partial charge in [0, 0.05) is 17.8 Å². The number of aromatic nitrogens is 1. The van der Waals surface area contributed by atoms with Crippen LogP contribution in [-0.2, 0) is 4.74 Å². The summed E-state index contributed by atoms with van der Waals surface area (Å²) in [6.45, 7) is 8.03. The van der Waals surface area contributed by atoms with Gasteiger partial charge < -0.3 is 20.3 Å². The molecule has 0 spiro atoms. The van der Waals surface area contributed by atoms with Gasteiger partial charge in [0.1, 0.15) is 11.7 Å². The molecule has 1 saturated heterocycles. The van der Waals surface area contributed by atoms with Crippen molar-refractivity contribution in [1.82, 2.24) is 9.88 Å². The van der Waals surface area contributed by atoms with E-state index in [1.807, 2.05) is 27.7 Å². The largest absolute Gasteiger partial charge is 0.482 e. The fourth-order valence-electron chi connectivity index (χ4n) is 3.54. The van der Waals surface area contributed by atoms with Crippen LogP contribution in [0.4, 0.5) is 10.6 Å². The number of carboxylic acid groups (broad SMARTS) is 1. The summed E-state index contributed by atoms with van der Waals surface area (Å²) >= 11 is 3.34. The summed E-state index contributed by atoms with van der Waals surface area (Å²) in [4.78, 5) is 17.2. The highest BCUT2D eigenvalue weighted by molar-refractivity contribution is 9.10. The first-order chi connectivity index (χ1) is 11.0. The van der Waals surface area contributed by atoms with Crippen LogP contribution in [-0.4, -0.2) is 52.5 Å². The summed E-state index contributed by atoms with van der Waals surface area (Å²) in [5.41, 5.74) is 4.73. The fourth-order valence-corrected chi connectivity index (χ4v) is 3.85. The molecule has 1 aromatic rings.